The van der Waals surface area contributed by atoms with Gasteiger partial charge in [-0.1, -0.05) is 12.1 Å². The highest BCUT2D eigenvalue weighted by atomic mass is 32.1. The predicted octanol–water partition coefficient (Wildman–Crippen LogP) is 3.66. The van der Waals surface area contributed by atoms with Crippen molar-refractivity contribution in [2.24, 2.45) is 5.92 Å². The number of hydrogen-bond acceptors (Lipinski definition) is 4. The normalized spacial score (nSPS) is 26.2. The molecule has 0 radical (unpaired) electrons. The fourth-order valence-corrected chi connectivity index (χ4v) is 4.53. The molecule has 1 aromatic carbocycles. The Balaban J connectivity index is 1.41. The van der Waals surface area contributed by atoms with Gasteiger partial charge in [-0.25, -0.2) is 4.98 Å². The van der Waals surface area contributed by atoms with E-state index >= 15 is 0 Å². The molecule has 4 nitrogen and oxygen atoms in total. The van der Waals surface area contributed by atoms with E-state index in [-0.39, 0.29) is 5.92 Å². The van der Waals surface area contributed by atoms with Crippen LogP contribution in [0.3, 0.4) is 0 Å². The van der Waals surface area contributed by atoms with Crippen molar-refractivity contribution in [1.82, 2.24) is 9.88 Å². The minimum atomic E-state index is 0.146. The quantitative estimate of drug-likeness (QED) is 0.851. The molecule has 1 aliphatic carbocycles. The second-order valence-electron chi connectivity index (χ2n) is 6.72. The van der Waals surface area contributed by atoms with Crippen LogP contribution in [0.4, 0.5) is 0 Å². The number of rotatable bonds is 4. The largest absolute Gasteiger partial charge is 0.497 e. The summed E-state index contributed by atoms with van der Waals surface area (Å²) in [5.74, 6) is 2.10. The molecule has 3 unspecified atom stereocenters. The predicted molar refractivity (Wildman–Crippen MR) is 94.5 cm³/mol. The van der Waals surface area contributed by atoms with Gasteiger partial charge in [0.05, 0.1) is 12.1 Å². The van der Waals surface area contributed by atoms with Crippen LogP contribution in [0.2, 0.25) is 0 Å². The fraction of sp³-hybridized carbons (Fsp3) is 0.474. The Morgan fingerprint density at radius 3 is 3.12 bits per heavy atom. The minimum Gasteiger partial charge on any atom is -0.497 e. The Hall–Kier alpha value is -1.88. The second kappa shape index (κ2) is 6.55. The first-order valence-electron chi connectivity index (χ1n) is 8.58. The lowest BCUT2D eigenvalue weighted by atomic mass is 9.98. The van der Waals surface area contributed by atoms with E-state index in [1.54, 1.807) is 18.4 Å². The molecule has 1 aromatic heterocycles. The van der Waals surface area contributed by atoms with Crippen molar-refractivity contribution < 1.29 is 9.53 Å². The molecule has 1 aliphatic heterocycles. The number of carbonyl (C=O) groups excluding carboxylic acids is 1. The molecule has 24 heavy (non-hydrogen) atoms. The molecule has 2 aliphatic rings. The van der Waals surface area contributed by atoms with Crippen LogP contribution in [-0.4, -0.2) is 36.0 Å². The molecule has 126 valence electrons. The second-order valence-corrected chi connectivity index (χ2v) is 7.65. The SMILES string of the molecule is COc1cccc(C2CC2C(=O)N2CCCC(c3nccs3)C2)c1. The lowest BCUT2D eigenvalue weighted by molar-refractivity contribution is -0.133. The third kappa shape index (κ3) is 3.05. The average molecular weight is 342 g/mol. The first kappa shape index (κ1) is 15.6. The summed E-state index contributed by atoms with van der Waals surface area (Å²) in [5.41, 5.74) is 1.22. The van der Waals surface area contributed by atoms with Crippen molar-refractivity contribution in [2.45, 2.75) is 31.1 Å². The molecule has 1 saturated heterocycles. The Morgan fingerprint density at radius 1 is 1.42 bits per heavy atom. The van der Waals surface area contributed by atoms with Gasteiger partial charge in [0.1, 0.15) is 5.75 Å². The molecule has 0 N–H and O–H groups in total. The van der Waals surface area contributed by atoms with Crippen molar-refractivity contribution in [3.05, 3.63) is 46.4 Å². The number of hydrogen-bond donors (Lipinski definition) is 0. The number of benzene rings is 1. The van der Waals surface area contributed by atoms with E-state index in [1.165, 1.54) is 10.6 Å². The number of piperidine rings is 1. The monoisotopic (exact) mass is 342 g/mol. The first-order chi connectivity index (χ1) is 11.8. The highest BCUT2D eigenvalue weighted by molar-refractivity contribution is 7.09. The zero-order chi connectivity index (χ0) is 16.5. The molecule has 4 rings (SSSR count). The van der Waals surface area contributed by atoms with E-state index in [9.17, 15) is 4.79 Å². The van der Waals surface area contributed by atoms with E-state index < -0.39 is 0 Å². The van der Waals surface area contributed by atoms with Crippen LogP contribution in [0, 0.1) is 5.92 Å². The van der Waals surface area contributed by atoms with Gasteiger partial charge in [-0.05, 0) is 42.9 Å². The number of aromatic nitrogens is 1. The van der Waals surface area contributed by atoms with Gasteiger partial charge in [0.15, 0.2) is 0 Å². The van der Waals surface area contributed by atoms with Crippen LogP contribution >= 0.6 is 11.3 Å². The van der Waals surface area contributed by atoms with Crippen LogP contribution in [0.25, 0.3) is 0 Å². The van der Waals surface area contributed by atoms with Gasteiger partial charge in [0.2, 0.25) is 5.91 Å². The van der Waals surface area contributed by atoms with Gasteiger partial charge in [0, 0.05) is 36.5 Å². The Morgan fingerprint density at radius 2 is 2.33 bits per heavy atom. The van der Waals surface area contributed by atoms with Crippen LogP contribution in [-0.2, 0) is 4.79 Å². The zero-order valence-corrected chi connectivity index (χ0v) is 14.7. The number of methoxy groups -OCH3 is 1. The molecule has 1 amide bonds. The van der Waals surface area contributed by atoms with E-state index in [0.29, 0.717) is 17.7 Å². The maximum Gasteiger partial charge on any atom is 0.226 e. The molecule has 2 aromatic rings. The summed E-state index contributed by atoms with van der Waals surface area (Å²) >= 11 is 1.71. The molecule has 2 fully saturated rings. The van der Waals surface area contributed by atoms with E-state index in [0.717, 1.165) is 38.1 Å². The van der Waals surface area contributed by atoms with Crippen molar-refractivity contribution in [3.63, 3.8) is 0 Å². The number of thiazole rings is 1. The maximum atomic E-state index is 12.9. The van der Waals surface area contributed by atoms with Crippen LogP contribution in [0.1, 0.15) is 41.7 Å². The molecule has 1 saturated carbocycles. The van der Waals surface area contributed by atoms with E-state index in [2.05, 4.69) is 22.0 Å². The zero-order valence-electron chi connectivity index (χ0n) is 13.9. The molecule has 5 heteroatoms. The molecule has 0 bridgehead atoms. The van der Waals surface area contributed by atoms with Crippen LogP contribution in [0.15, 0.2) is 35.8 Å². The summed E-state index contributed by atoms with van der Waals surface area (Å²) in [6.45, 7) is 1.72. The number of ether oxygens (including phenoxy) is 1. The third-order valence-corrected chi connectivity index (χ3v) is 6.10. The van der Waals surface area contributed by atoms with Gasteiger partial charge in [-0.15, -0.1) is 11.3 Å². The van der Waals surface area contributed by atoms with Crippen LogP contribution in [0.5, 0.6) is 5.75 Å². The van der Waals surface area contributed by atoms with Crippen molar-refractivity contribution in [1.29, 1.82) is 0 Å². The van der Waals surface area contributed by atoms with Gasteiger partial charge in [0.25, 0.3) is 0 Å². The Bertz CT molecular complexity index is 716. The topological polar surface area (TPSA) is 42.4 Å². The molecule has 3 atom stereocenters. The highest BCUT2D eigenvalue weighted by Crippen LogP contribution is 2.49. The number of amides is 1. The smallest absolute Gasteiger partial charge is 0.226 e. The average Bonchev–Trinajstić information content (AvgIpc) is 3.25. The number of likely N-dealkylation sites (tertiary alicyclic amines) is 1. The summed E-state index contributed by atoms with van der Waals surface area (Å²) in [4.78, 5) is 19.4. The number of carbonyl (C=O) groups is 1. The van der Waals surface area contributed by atoms with Crippen LogP contribution < -0.4 is 4.74 Å². The van der Waals surface area contributed by atoms with E-state index in [4.69, 9.17) is 4.74 Å². The fourth-order valence-electron chi connectivity index (χ4n) is 3.76. The van der Waals surface area contributed by atoms with Gasteiger partial charge < -0.3 is 9.64 Å². The summed E-state index contributed by atoms with van der Waals surface area (Å²) in [6, 6.07) is 8.13. The third-order valence-electron chi connectivity index (χ3n) is 5.16. The summed E-state index contributed by atoms with van der Waals surface area (Å²) in [6.07, 6.45) is 5.04. The molecule has 0 spiro atoms. The molecular formula is C19H22N2O2S. The molecular weight excluding hydrogens is 320 g/mol. The number of nitrogens with zero attached hydrogens (tertiary/aromatic N) is 2. The van der Waals surface area contributed by atoms with E-state index in [1.807, 2.05) is 23.7 Å². The minimum absolute atomic E-state index is 0.146. The Labute approximate surface area is 146 Å². The van der Waals surface area contributed by atoms with Crippen molar-refractivity contribution in [3.8, 4) is 5.75 Å². The standard InChI is InChI=1S/C19H22N2O2S/c1-23-15-6-2-4-13(10-15)16-11-17(16)19(22)21-8-3-5-14(12-21)18-20-7-9-24-18/h2,4,6-7,9-10,14,16-17H,3,5,8,11-12H2,1H3. The summed E-state index contributed by atoms with van der Waals surface area (Å²) in [7, 11) is 1.68. The maximum absolute atomic E-state index is 12.9. The Kier molecular flexibility index (Phi) is 4.27. The van der Waals surface area contributed by atoms with Gasteiger partial charge in [-0.3, -0.25) is 4.79 Å². The first-order valence-corrected chi connectivity index (χ1v) is 9.46. The summed E-state index contributed by atoms with van der Waals surface area (Å²) < 4.78 is 5.30. The van der Waals surface area contributed by atoms with Crippen molar-refractivity contribution in [2.75, 3.05) is 20.2 Å². The van der Waals surface area contributed by atoms with Crippen molar-refractivity contribution >= 4 is 17.2 Å². The molecule has 2 heterocycles. The summed E-state index contributed by atoms with van der Waals surface area (Å²) in [5, 5.41) is 3.20. The van der Waals surface area contributed by atoms with Gasteiger partial charge >= 0.3 is 0 Å². The van der Waals surface area contributed by atoms with Gasteiger partial charge in [-0.2, -0.15) is 0 Å². The lowest BCUT2D eigenvalue weighted by Gasteiger charge is -2.32. The highest BCUT2D eigenvalue weighted by Gasteiger charge is 2.46. The lowest BCUT2D eigenvalue weighted by Crippen LogP contribution is -2.40.